The standard InChI is InChI=1S/C20H12O2/c1-2-12-22-20(21)17-11-9-15-7-6-13-4-3-5-14-8-10-16(17)19(15)18(13)14/h1,3-11H,12H2. The summed E-state index contributed by atoms with van der Waals surface area (Å²) < 4.78 is 5.09. The maximum atomic E-state index is 12.2. The summed E-state index contributed by atoms with van der Waals surface area (Å²) in [4.78, 5) is 12.2. The Labute approximate surface area is 127 Å². The number of ether oxygens (including phenoxy) is 1. The molecule has 4 aromatic carbocycles. The molecule has 0 bridgehead atoms. The molecule has 2 nitrogen and oxygen atoms in total. The van der Waals surface area contributed by atoms with Crippen LogP contribution in [0, 0.1) is 12.3 Å². The molecule has 4 rings (SSSR count). The Morgan fingerprint density at radius 1 is 0.909 bits per heavy atom. The van der Waals surface area contributed by atoms with E-state index < -0.39 is 0 Å². The summed E-state index contributed by atoms with van der Waals surface area (Å²) in [6, 6.07) is 18.2. The zero-order valence-corrected chi connectivity index (χ0v) is 11.8. The lowest BCUT2D eigenvalue weighted by Gasteiger charge is -2.13. The van der Waals surface area contributed by atoms with Crippen molar-refractivity contribution in [2.75, 3.05) is 6.61 Å². The molecule has 0 radical (unpaired) electrons. The number of carbonyl (C=O) groups excluding carboxylic acids is 1. The van der Waals surface area contributed by atoms with Gasteiger partial charge in [-0.3, -0.25) is 0 Å². The van der Waals surface area contributed by atoms with E-state index in [1.165, 1.54) is 16.2 Å². The average Bonchev–Trinajstić information content (AvgIpc) is 2.57. The number of esters is 1. The lowest BCUT2D eigenvalue weighted by molar-refractivity contribution is 0.0559. The molecule has 0 aliphatic heterocycles. The van der Waals surface area contributed by atoms with Crippen LogP contribution in [0.25, 0.3) is 32.3 Å². The maximum absolute atomic E-state index is 12.2. The van der Waals surface area contributed by atoms with Crippen LogP contribution in [0.15, 0.2) is 54.6 Å². The summed E-state index contributed by atoms with van der Waals surface area (Å²) in [6.45, 7) is -0.0131. The summed E-state index contributed by atoms with van der Waals surface area (Å²) in [5, 5.41) is 6.65. The van der Waals surface area contributed by atoms with Gasteiger partial charge in [0.05, 0.1) is 5.56 Å². The van der Waals surface area contributed by atoms with Gasteiger partial charge in [0.25, 0.3) is 0 Å². The van der Waals surface area contributed by atoms with Crippen molar-refractivity contribution in [2.24, 2.45) is 0 Å². The molecule has 0 saturated heterocycles. The Morgan fingerprint density at radius 2 is 1.55 bits per heavy atom. The highest BCUT2D eigenvalue weighted by Gasteiger charge is 2.15. The predicted molar refractivity (Wildman–Crippen MR) is 89.3 cm³/mol. The molecule has 0 saturated carbocycles. The molecule has 0 unspecified atom stereocenters. The van der Waals surface area contributed by atoms with Crippen molar-refractivity contribution in [1.82, 2.24) is 0 Å². The average molecular weight is 284 g/mol. The monoisotopic (exact) mass is 284 g/mol. The van der Waals surface area contributed by atoms with Gasteiger partial charge in [-0.1, -0.05) is 54.5 Å². The number of hydrogen-bond acceptors (Lipinski definition) is 2. The molecule has 0 aliphatic carbocycles. The molecule has 0 aromatic heterocycles. The van der Waals surface area contributed by atoms with Crippen LogP contribution in [0.3, 0.4) is 0 Å². The van der Waals surface area contributed by atoms with Gasteiger partial charge in [-0.2, -0.15) is 0 Å². The van der Waals surface area contributed by atoms with Crippen LogP contribution in [0.2, 0.25) is 0 Å². The zero-order valence-electron chi connectivity index (χ0n) is 11.8. The Balaban J connectivity index is 2.09. The minimum Gasteiger partial charge on any atom is -0.449 e. The highest BCUT2D eigenvalue weighted by molar-refractivity contribution is 6.25. The van der Waals surface area contributed by atoms with Crippen molar-refractivity contribution in [3.05, 3.63) is 60.2 Å². The van der Waals surface area contributed by atoms with Crippen molar-refractivity contribution in [2.45, 2.75) is 0 Å². The summed E-state index contributed by atoms with van der Waals surface area (Å²) in [5.74, 6) is 1.94. The van der Waals surface area contributed by atoms with Crippen molar-refractivity contribution in [3.8, 4) is 12.3 Å². The van der Waals surface area contributed by atoms with Gasteiger partial charge in [0, 0.05) is 0 Å². The Kier molecular flexibility index (Phi) is 2.74. The summed E-state index contributed by atoms with van der Waals surface area (Å²) in [7, 11) is 0. The van der Waals surface area contributed by atoms with Crippen LogP contribution in [-0.4, -0.2) is 12.6 Å². The van der Waals surface area contributed by atoms with Crippen molar-refractivity contribution in [1.29, 1.82) is 0 Å². The molecule has 0 aliphatic rings. The normalized spacial score (nSPS) is 11.0. The molecular formula is C20H12O2. The first kappa shape index (κ1) is 12.7. The van der Waals surface area contributed by atoms with Gasteiger partial charge in [-0.05, 0) is 38.4 Å². The van der Waals surface area contributed by atoms with Crippen molar-refractivity contribution >= 4 is 38.3 Å². The molecule has 0 spiro atoms. The van der Waals surface area contributed by atoms with Gasteiger partial charge < -0.3 is 4.74 Å². The number of benzene rings is 4. The third-order valence-corrected chi connectivity index (χ3v) is 4.04. The smallest absolute Gasteiger partial charge is 0.339 e. The Morgan fingerprint density at radius 3 is 2.27 bits per heavy atom. The van der Waals surface area contributed by atoms with Crippen LogP contribution in [-0.2, 0) is 4.74 Å². The largest absolute Gasteiger partial charge is 0.449 e. The first-order valence-corrected chi connectivity index (χ1v) is 7.07. The van der Waals surface area contributed by atoms with E-state index in [2.05, 4.69) is 30.2 Å². The van der Waals surface area contributed by atoms with E-state index in [1.807, 2.05) is 24.3 Å². The SMILES string of the molecule is C#CCOC(=O)c1ccc2ccc3cccc4ccc1c2c34. The highest BCUT2D eigenvalue weighted by Crippen LogP contribution is 2.35. The molecule has 22 heavy (non-hydrogen) atoms. The van der Waals surface area contributed by atoms with Crippen LogP contribution >= 0.6 is 0 Å². The third kappa shape index (κ3) is 1.73. The molecule has 0 N–H and O–H groups in total. The van der Waals surface area contributed by atoms with Gasteiger partial charge in [0.15, 0.2) is 6.61 Å². The predicted octanol–water partition coefficient (Wildman–Crippen LogP) is 4.37. The van der Waals surface area contributed by atoms with E-state index in [-0.39, 0.29) is 12.6 Å². The molecule has 0 amide bonds. The number of hydrogen-bond donors (Lipinski definition) is 0. The van der Waals surface area contributed by atoms with Crippen LogP contribution < -0.4 is 0 Å². The fraction of sp³-hybridized carbons (Fsp3) is 0.0500. The summed E-state index contributed by atoms with van der Waals surface area (Å²) in [6.07, 6.45) is 5.16. The first-order valence-electron chi connectivity index (χ1n) is 7.07. The molecule has 2 heteroatoms. The highest BCUT2D eigenvalue weighted by atomic mass is 16.5. The van der Waals surface area contributed by atoms with Gasteiger partial charge in [-0.15, -0.1) is 6.42 Å². The molecule has 4 aromatic rings. The van der Waals surface area contributed by atoms with E-state index in [9.17, 15) is 4.79 Å². The third-order valence-electron chi connectivity index (χ3n) is 4.04. The number of carbonyl (C=O) groups is 1. The van der Waals surface area contributed by atoms with Crippen LogP contribution in [0.5, 0.6) is 0 Å². The van der Waals surface area contributed by atoms with Gasteiger partial charge in [-0.25, -0.2) is 4.79 Å². The summed E-state index contributed by atoms with van der Waals surface area (Å²) in [5.41, 5.74) is 0.556. The molecule has 0 heterocycles. The van der Waals surface area contributed by atoms with Gasteiger partial charge in [0.1, 0.15) is 0 Å². The number of terminal acetylenes is 1. The van der Waals surface area contributed by atoms with Crippen LogP contribution in [0.4, 0.5) is 0 Å². The van der Waals surface area contributed by atoms with E-state index >= 15 is 0 Å². The quantitative estimate of drug-likeness (QED) is 0.310. The second kappa shape index (κ2) is 4.75. The Bertz CT molecular complexity index is 1040. The molecule has 104 valence electrons. The lowest BCUT2D eigenvalue weighted by atomic mass is 9.92. The van der Waals surface area contributed by atoms with E-state index in [0.29, 0.717) is 5.56 Å². The lowest BCUT2D eigenvalue weighted by Crippen LogP contribution is -2.06. The van der Waals surface area contributed by atoms with Gasteiger partial charge >= 0.3 is 5.97 Å². The van der Waals surface area contributed by atoms with Gasteiger partial charge in [0.2, 0.25) is 0 Å². The fourth-order valence-corrected chi connectivity index (χ4v) is 3.10. The second-order valence-corrected chi connectivity index (χ2v) is 5.25. The molecule has 0 atom stereocenters. The number of rotatable bonds is 2. The zero-order chi connectivity index (χ0) is 15.1. The minimum atomic E-state index is -0.379. The fourth-order valence-electron chi connectivity index (χ4n) is 3.10. The molecule has 0 fully saturated rings. The second-order valence-electron chi connectivity index (χ2n) is 5.25. The maximum Gasteiger partial charge on any atom is 0.339 e. The van der Waals surface area contributed by atoms with Crippen LogP contribution in [0.1, 0.15) is 10.4 Å². The summed E-state index contributed by atoms with van der Waals surface area (Å²) >= 11 is 0. The Hall–Kier alpha value is -3.05. The first-order chi connectivity index (χ1) is 10.8. The van der Waals surface area contributed by atoms with E-state index in [0.717, 1.165) is 16.2 Å². The van der Waals surface area contributed by atoms with E-state index in [4.69, 9.17) is 11.2 Å². The van der Waals surface area contributed by atoms with Crippen molar-refractivity contribution < 1.29 is 9.53 Å². The molecular weight excluding hydrogens is 272 g/mol. The van der Waals surface area contributed by atoms with Crippen molar-refractivity contribution in [3.63, 3.8) is 0 Å². The topological polar surface area (TPSA) is 26.3 Å². The minimum absolute atomic E-state index is 0.0131. The van der Waals surface area contributed by atoms with E-state index in [1.54, 1.807) is 6.07 Å².